The summed E-state index contributed by atoms with van der Waals surface area (Å²) in [4.78, 5) is 11.5. The molecule has 4 fully saturated rings. The maximum Gasteiger partial charge on any atom is 0.304 e. The predicted octanol–water partition coefficient (Wildman–Crippen LogP) is -0.224. The van der Waals surface area contributed by atoms with Crippen LogP contribution in [0.3, 0.4) is 0 Å². The summed E-state index contributed by atoms with van der Waals surface area (Å²) in [6.07, 6.45) is 1.71. The first-order chi connectivity index (χ1) is 11.9. The molecule has 25 heavy (non-hydrogen) atoms. The number of amides is 1. The van der Waals surface area contributed by atoms with Gasteiger partial charge >= 0.3 is 10.2 Å². The van der Waals surface area contributed by atoms with Gasteiger partial charge in [-0.05, 0) is 68.9 Å². The Balaban J connectivity index is 1.54. The van der Waals surface area contributed by atoms with Crippen molar-refractivity contribution >= 4 is 16.1 Å². The third kappa shape index (κ3) is 3.09. The van der Waals surface area contributed by atoms with Gasteiger partial charge in [0, 0.05) is 0 Å². The molecule has 0 bridgehead atoms. The number of hydrogen-bond acceptors (Lipinski definition) is 5. The van der Waals surface area contributed by atoms with E-state index in [1.807, 2.05) is 4.72 Å². The molecule has 0 spiro atoms. The van der Waals surface area contributed by atoms with Crippen LogP contribution < -0.4 is 10.0 Å². The molecule has 2 saturated carbocycles. The Bertz CT molecular complexity index is 639. The molecule has 3 N–H and O–H groups in total. The monoisotopic (exact) mass is 375 g/mol. The number of rotatable bonds is 2. The van der Waals surface area contributed by atoms with E-state index < -0.39 is 41.0 Å². The number of carbonyl (C=O) groups is 1. The minimum absolute atomic E-state index is 0.0980. The van der Waals surface area contributed by atoms with Crippen LogP contribution in [-0.4, -0.2) is 61.7 Å². The van der Waals surface area contributed by atoms with Gasteiger partial charge in [0.25, 0.3) is 0 Å². The number of nitrogens with one attached hydrogen (secondary N) is 2. The minimum Gasteiger partial charge on any atom is -0.391 e. The fraction of sp³-hybridized carbons (Fsp3) is 0.938. The van der Waals surface area contributed by atoms with Gasteiger partial charge in [-0.1, -0.05) is 0 Å². The van der Waals surface area contributed by atoms with Crippen LogP contribution in [0.4, 0.5) is 4.39 Å². The zero-order valence-electron chi connectivity index (χ0n) is 14.1. The minimum atomic E-state index is -4.04. The predicted molar refractivity (Wildman–Crippen MR) is 88.4 cm³/mol. The Labute approximate surface area is 147 Å². The highest BCUT2D eigenvalue weighted by Crippen LogP contribution is 2.48. The van der Waals surface area contributed by atoms with Crippen molar-refractivity contribution in [3.05, 3.63) is 0 Å². The van der Waals surface area contributed by atoms with Gasteiger partial charge in [0.2, 0.25) is 5.91 Å². The summed E-state index contributed by atoms with van der Waals surface area (Å²) in [6.45, 7) is 1.58. The number of carbonyl (C=O) groups excluding carboxylic acids is 1. The van der Waals surface area contributed by atoms with Crippen molar-refractivity contribution in [2.45, 2.75) is 50.4 Å². The van der Waals surface area contributed by atoms with Crippen LogP contribution in [0.15, 0.2) is 0 Å². The van der Waals surface area contributed by atoms with E-state index in [1.54, 1.807) is 0 Å². The first-order valence-electron chi connectivity index (χ1n) is 9.22. The summed E-state index contributed by atoms with van der Waals surface area (Å²) >= 11 is 0. The van der Waals surface area contributed by atoms with E-state index in [-0.39, 0.29) is 11.8 Å². The zero-order valence-corrected chi connectivity index (χ0v) is 14.9. The maximum absolute atomic E-state index is 15.4. The molecule has 9 heteroatoms. The highest BCUT2D eigenvalue weighted by molar-refractivity contribution is 7.88. The summed E-state index contributed by atoms with van der Waals surface area (Å²) in [5, 5.41) is 13.8. The molecule has 0 aromatic rings. The van der Waals surface area contributed by atoms with E-state index in [0.29, 0.717) is 18.3 Å². The van der Waals surface area contributed by atoms with Crippen molar-refractivity contribution in [2.24, 2.45) is 23.7 Å². The Hall–Kier alpha value is -0.770. The van der Waals surface area contributed by atoms with Crippen LogP contribution in [0.1, 0.15) is 32.1 Å². The molecule has 7 nitrogen and oxygen atoms in total. The number of hydrogen-bond donors (Lipinski definition) is 3. The standard InChI is InChI=1S/C16H26FN3O4S/c17-15-12-5-9(11-3-4-18-7-11)1-2-10(12)6-13(21)16(15)20-8-14(22)19-25(20,23)24/h9-13,15-16,18,21H,1-8H2,(H,19,22)/t9-,10?,11-,12?,13?,15?,16?/m0/s1. The average molecular weight is 375 g/mol. The first kappa shape index (κ1) is 17.6. The van der Waals surface area contributed by atoms with Gasteiger partial charge in [-0.3, -0.25) is 4.79 Å². The topological polar surface area (TPSA) is 98.7 Å². The lowest BCUT2D eigenvalue weighted by Crippen LogP contribution is -2.59. The molecule has 2 aliphatic heterocycles. The van der Waals surface area contributed by atoms with E-state index in [2.05, 4.69) is 5.32 Å². The third-order valence-corrected chi connectivity index (χ3v) is 8.19. The van der Waals surface area contributed by atoms with Crippen LogP contribution in [0.5, 0.6) is 0 Å². The lowest BCUT2D eigenvalue weighted by molar-refractivity contribution is -0.120. The Morgan fingerprint density at radius 1 is 1.12 bits per heavy atom. The van der Waals surface area contributed by atoms with Crippen LogP contribution in [0, 0.1) is 23.7 Å². The second-order valence-electron chi connectivity index (χ2n) is 8.06. The van der Waals surface area contributed by atoms with Gasteiger partial charge in [-0.2, -0.15) is 12.7 Å². The van der Waals surface area contributed by atoms with Gasteiger partial charge in [0.05, 0.1) is 18.7 Å². The number of aliphatic hydroxyl groups excluding tert-OH is 1. The van der Waals surface area contributed by atoms with Crippen molar-refractivity contribution < 1.29 is 22.7 Å². The number of alkyl halides is 1. The SMILES string of the molecule is O=C1CN(C2C(O)CC3CC[C@H]([C@H]4CCNC4)CC3C2F)S(=O)(=O)N1. The van der Waals surface area contributed by atoms with Gasteiger partial charge < -0.3 is 10.4 Å². The molecule has 4 rings (SSSR count). The molecule has 142 valence electrons. The second kappa shape index (κ2) is 6.44. The molecule has 4 aliphatic rings. The van der Waals surface area contributed by atoms with Crippen molar-refractivity contribution in [3.8, 4) is 0 Å². The normalized spacial score (nSPS) is 47.4. The first-order valence-corrected chi connectivity index (χ1v) is 10.7. The summed E-state index contributed by atoms with van der Waals surface area (Å²) in [6, 6.07) is -1.16. The maximum atomic E-state index is 15.4. The number of aliphatic hydroxyl groups is 1. The summed E-state index contributed by atoms with van der Waals surface area (Å²) in [5.74, 6) is 0.220. The smallest absolute Gasteiger partial charge is 0.304 e. The van der Waals surface area contributed by atoms with Crippen molar-refractivity contribution in [2.75, 3.05) is 19.6 Å². The van der Waals surface area contributed by atoms with Gasteiger partial charge in [0.1, 0.15) is 6.17 Å². The van der Waals surface area contributed by atoms with Crippen LogP contribution >= 0.6 is 0 Å². The zero-order chi connectivity index (χ0) is 17.8. The third-order valence-electron chi connectivity index (χ3n) is 6.71. The molecule has 2 heterocycles. The van der Waals surface area contributed by atoms with Gasteiger partial charge in [-0.25, -0.2) is 9.11 Å². The number of nitrogens with zero attached hydrogens (tertiary/aromatic N) is 1. The average Bonchev–Trinajstić information content (AvgIpc) is 3.15. The quantitative estimate of drug-likeness (QED) is 0.620. The van der Waals surface area contributed by atoms with Crippen molar-refractivity contribution in [1.29, 1.82) is 0 Å². The molecular weight excluding hydrogens is 349 g/mol. The molecule has 0 aromatic carbocycles. The fourth-order valence-corrected chi connectivity index (χ4v) is 6.82. The summed E-state index contributed by atoms with van der Waals surface area (Å²) in [7, 11) is -4.04. The number of fused-ring (bicyclic) bond motifs is 1. The lowest BCUT2D eigenvalue weighted by Gasteiger charge is -2.48. The van der Waals surface area contributed by atoms with E-state index in [4.69, 9.17) is 0 Å². The fourth-order valence-electron chi connectivity index (χ4n) is 5.49. The Morgan fingerprint density at radius 2 is 1.88 bits per heavy atom. The van der Waals surface area contributed by atoms with E-state index in [0.717, 1.165) is 43.1 Å². The largest absolute Gasteiger partial charge is 0.391 e. The molecule has 2 aliphatic carbocycles. The van der Waals surface area contributed by atoms with Crippen LogP contribution in [0.2, 0.25) is 0 Å². The highest BCUT2D eigenvalue weighted by Gasteiger charge is 2.54. The molecule has 1 amide bonds. The van der Waals surface area contributed by atoms with Gasteiger partial charge in [-0.15, -0.1) is 0 Å². The van der Waals surface area contributed by atoms with Crippen molar-refractivity contribution in [1.82, 2.24) is 14.3 Å². The molecule has 2 saturated heterocycles. The van der Waals surface area contributed by atoms with Crippen LogP contribution in [-0.2, 0) is 15.0 Å². The van der Waals surface area contributed by atoms with E-state index in [9.17, 15) is 18.3 Å². The second-order valence-corrected chi connectivity index (χ2v) is 9.69. The number of halogens is 1. The van der Waals surface area contributed by atoms with Gasteiger partial charge in [0.15, 0.2) is 0 Å². The summed E-state index contributed by atoms with van der Waals surface area (Å²) in [5.41, 5.74) is 0. The van der Waals surface area contributed by atoms with E-state index >= 15 is 4.39 Å². The lowest BCUT2D eigenvalue weighted by atomic mass is 9.62. The molecular formula is C16H26FN3O4S. The molecule has 0 aromatic heterocycles. The Morgan fingerprint density at radius 3 is 2.52 bits per heavy atom. The molecule has 0 radical (unpaired) electrons. The van der Waals surface area contributed by atoms with Crippen molar-refractivity contribution in [3.63, 3.8) is 0 Å². The van der Waals surface area contributed by atoms with E-state index in [1.165, 1.54) is 0 Å². The molecule has 5 unspecified atom stereocenters. The molecule has 7 atom stereocenters. The summed E-state index contributed by atoms with van der Waals surface area (Å²) < 4.78 is 42.3. The van der Waals surface area contributed by atoms with Crippen LogP contribution in [0.25, 0.3) is 0 Å². The Kier molecular flexibility index (Phi) is 4.54. The highest BCUT2D eigenvalue weighted by atomic mass is 32.2.